The zero-order valence-electron chi connectivity index (χ0n) is 25.0. The van der Waals surface area contributed by atoms with Crippen molar-refractivity contribution in [3.8, 4) is 0 Å². The van der Waals surface area contributed by atoms with Crippen LogP contribution in [0.1, 0.15) is 79.4 Å². The fourth-order valence-corrected chi connectivity index (χ4v) is 6.51. The van der Waals surface area contributed by atoms with Crippen LogP contribution in [-0.2, 0) is 20.3 Å². The smallest absolute Gasteiger partial charge is 0.412 e. The highest BCUT2D eigenvalue weighted by Gasteiger charge is 2.63. The lowest BCUT2D eigenvalue weighted by Gasteiger charge is -2.43. The van der Waals surface area contributed by atoms with Crippen LogP contribution in [0, 0.1) is 0 Å². The predicted octanol–water partition coefficient (Wildman–Crippen LogP) is 5.56. The van der Waals surface area contributed by atoms with Gasteiger partial charge in [-0.05, 0) is 49.7 Å². The van der Waals surface area contributed by atoms with Crippen LogP contribution in [0.5, 0.6) is 0 Å². The normalized spacial score (nSPS) is 30.9. The highest BCUT2D eigenvalue weighted by atomic mass is 16.6. The van der Waals surface area contributed by atoms with Crippen LogP contribution >= 0.6 is 0 Å². The number of nitrogens with zero attached hydrogens (tertiary/aromatic N) is 2. The molecular weight excluding hydrogens is 508 g/mol. The SMILES string of the molecule is CC(C)(C[C@]1(C)OC(=O)N(CCN2C(=O)O[C@@](C)(CC(C)(C)c3ccccc3)[C@@]2(C)O)[C@]1(C)O)c1ccccc1. The molecule has 2 fully saturated rings. The molecule has 0 radical (unpaired) electrons. The van der Waals surface area contributed by atoms with Gasteiger partial charge in [0.1, 0.15) is 0 Å². The van der Waals surface area contributed by atoms with Crippen molar-refractivity contribution < 1.29 is 29.3 Å². The number of amides is 2. The van der Waals surface area contributed by atoms with Gasteiger partial charge in [0.25, 0.3) is 0 Å². The number of cyclic esters (lactones) is 2. The second-order valence-electron chi connectivity index (χ2n) is 13.4. The molecule has 0 aromatic heterocycles. The highest BCUT2D eigenvalue weighted by Crippen LogP contribution is 2.47. The molecule has 2 aliphatic heterocycles. The summed E-state index contributed by atoms with van der Waals surface area (Å²) in [6.45, 7) is 14.7. The molecule has 0 unspecified atom stereocenters. The Hall–Kier alpha value is -3.10. The second-order valence-corrected chi connectivity index (χ2v) is 13.4. The van der Waals surface area contributed by atoms with Crippen molar-refractivity contribution >= 4 is 12.2 Å². The molecule has 2 aromatic carbocycles. The van der Waals surface area contributed by atoms with Crippen molar-refractivity contribution in [3.63, 3.8) is 0 Å². The van der Waals surface area contributed by atoms with Crippen LogP contribution in [0.3, 0.4) is 0 Å². The van der Waals surface area contributed by atoms with Gasteiger partial charge in [0.2, 0.25) is 0 Å². The Kier molecular flexibility index (Phi) is 7.30. The molecule has 4 rings (SSSR count). The largest absolute Gasteiger partial charge is 0.438 e. The first-order chi connectivity index (χ1) is 18.4. The number of carbonyl (C=O) groups excluding carboxylic acids is 2. The van der Waals surface area contributed by atoms with Gasteiger partial charge in [-0.25, -0.2) is 9.59 Å². The molecule has 8 nitrogen and oxygen atoms in total. The first-order valence-corrected chi connectivity index (χ1v) is 13.9. The summed E-state index contributed by atoms with van der Waals surface area (Å²) >= 11 is 0. The third-order valence-corrected chi connectivity index (χ3v) is 9.34. The summed E-state index contributed by atoms with van der Waals surface area (Å²) in [6, 6.07) is 19.8. The van der Waals surface area contributed by atoms with Gasteiger partial charge in [0, 0.05) is 25.9 Å². The predicted molar refractivity (Wildman–Crippen MR) is 153 cm³/mol. The van der Waals surface area contributed by atoms with Crippen molar-refractivity contribution in [2.75, 3.05) is 13.1 Å². The van der Waals surface area contributed by atoms with Crippen LogP contribution in [0.25, 0.3) is 0 Å². The van der Waals surface area contributed by atoms with E-state index in [4.69, 9.17) is 9.47 Å². The maximum atomic E-state index is 13.1. The van der Waals surface area contributed by atoms with E-state index in [1.807, 2.05) is 60.7 Å². The summed E-state index contributed by atoms with van der Waals surface area (Å²) in [6.07, 6.45) is -0.599. The van der Waals surface area contributed by atoms with Crippen LogP contribution in [0.15, 0.2) is 60.7 Å². The average Bonchev–Trinajstić information content (AvgIpc) is 3.12. The number of hydrogen-bond acceptors (Lipinski definition) is 6. The average molecular weight is 553 g/mol. The zero-order valence-corrected chi connectivity index (χ0v) is 25.0. The van der Waals surface area contributed by atoms with E-state index in [-0.39, 0.29) is 13.1 Å². The van der Waals surface area contributed by atoms with E-state index in [1.54, 1.807) is 27.7 Å². The second kappa shape index (κ2) is 9.77. The van der Waals surface area contributed by atoms with E-state index < -0.39 is 45.7 Å². The van der Waals surface area contributed by atoms with Crippen LogP contribution in [-0.4, -0.2) is 67.9 Å². The summed E-state index contributed by atoms with van der Waals surface area (Å²) in [4.78, 5) is 28.7. The maximum Gasteiger partial charge on any atom is 0.412 e. The summed E-state index contributed by atoms with van der Waals surface area (Å²) in [7, 11) is 0. The third kappa shape index (κ3) is 4.96. The molecule has 0 spiro atoms. The lowest BCUT2D eigenvalue weighted by Crippen LogP contribution is -2.60. The number of ether oxygens (including phenoxy) is 2. The summed E-state index contributed by atoms with van der Waals surface area (Å²) < 4.78 is 11.6. The van der Waals surface area contributed by atoms with Crippen LogP contribution in [0.4, 0.5) is 9.59 Å². The monoisotopic (exact) mass is 552 g/mol. The van der Waals surface area contributed by atoms with E-state index in [9.17, 15) is 19.8 Å². The van der Waals surface area contributed by atoms with Gasteiger partial charge in [0.15, 0.2) is 22.7 Å². The number of hydrogen-bond donors (Lipinski definition) is 2. The molecule has 2 N–H and O–H groups in total. The van der Waals surface area contributed by atoms with Crippen molar-refractivity contribution in [1.82, 2.24) is 9.80 Å². The van der Waals surface area contributed by atoms with Gasteiger partial charge in [-0.3, -0.25) is 9.80 Å². The van der Waals surface area contributed by atoms with E-state index in [0.717, 1.165) is 11.1 Å². The molecular formula is C32H44N2O6. The molecule has 4 atom stereocenters. The molecule has 0 saturated carbocycles. The van der Waals surface area contributed by atoms with Gasteiger partial charge >= 0.3 is 12.2 Å². The Morgan fingerprint density at radius 1 is 0.625 bits per heavy atom. The van der Waals surface area contributed by atoms with Crippen LogP contribution in [0.2, 0.25) is 0 Å². The molecule has 2 saturated heterocycles. The minimum absolute atomic E-state index is 0.0450. The van der Waals surface area contributed by atoms with Gasteiger partial charge in [-0.1, -0.05) is 88.4 Å². The fraction of sp³-hybridized carbons (Fsp3) is 0.562. The molecule has 40 heavy (non-hydrogen) atoms. The molecule has 8 heteroatoms. The summed E-state index contributed by atoms with van der Waals surface area (Å²) in [5.41, 5.74) is -4.42. The topological polar surface area (TPSA) is 99.5 Å². The number of benzene rings is 2. The zero-order chi connectivity index (χ0) is 29.8. The first-order valence-electron chi connectivity index (χ1n) is 13.9. The van der Waals surface area contributed by atoms with Crippen molar-refractivity contribution in [2.45, 2.75) is 102 Å². The van der Waals surface area contributed by atoms with Gasteiger partial charge in [-0.2, -0.15) is 0 Å². The molecule has 2 aliphatic rings. The Labute approximate surface area is 237 Å². The lowest BCUT2D eigenvalue weighted by molar-refractivity contribution is -0.157. The highest BCUT2D eigenvalue weighted by molar-refractivity contribution is 5.74. The minimum Gasteiger partial charge on any atom is -0.438 e. The Bertz CT molecular complexity index is 1150. The molecule has 218 valence electrons. The van der Waals surface area contributed by atoms with Crippen molar-refractivity contribution in [1.29, 1.82) is 0 Å². The first kappa shape index (κ1) is 29.9. The number of carbonyl (C=O) groups is 2. The van der Waals surface area contributed by atoms with Gasteiger partial charge in [-0.15, -0.1) is 0 Å². The van der Waals surface area contributed by atoms with Gasteiger partial charge in [0.05, 0.1) is 0 Å². The van der Waals surface area contributed by atoms with E-state index in [0.29, 0.717) is 12.8 Å². The number of rotatable bonds is 9. The lowest BCUT2D eigenvalue weighted by atomic mass is 9.72. The van der Waals surface area contributed by atoms with E-state index in [2.05, 4.69) is 27.7 Å². The molecule has 0 aliphatic carbocycles. The van der Waals surface area contributed by atoms with Crippen LogP contribution < -0.4 is 0 Å². The molecule has 2 aromatic rings. The summed E-state index contributed by atoms with van der Waals surface area (Å²) in [5, 5.41) is 23.4. The number of aliphatic hydroxyl groups is 2. The Balaban J connectivity index is 1.50. The Morgan fingerprint density at radius 2 is 0.925 bits per heavy atom. The molecule has 2 heterocycles. The minimum atomic E-state index is -1.66. The molecule has 2 amide bonds. The quantitative estimate of drug-likeness (QED) is 0.423. The third-order valence-electron chi connectivity index (χ3n) is 9.34. The van der Waals surface area contributed by atoms with E-state index >= 15 is 0 Å². The van der Waals surface area contributed by atoms with Crippen molar-refractivity contribution in [2.24, 2.45) is 0 Å². The Morgan fingerprint density at radius 3 is 1.23 bits per heavy atom. The standard InChI is InChI=1S/C32H44N2O6/c1-27(2,23-15-11-9-12-16-23)21-29(5)31(7,37)33(25(35)39-29)19-20-34-26(36)40-30(6,32(34,8)38)22-28(3,4)24-17-13-10-14-18-24/h9-18,37-38H,19-22H2,1-8H3/t29-,30-,31+,32+/m0/s1. The van der Waals surface area contributed by atoms with Gasteiger partial charge < -0.3 is 19.7 Å². The fourth-order valence-electron chi connectivity index (χ4n) is 6.51. The summed E-state index contributed by atoms with van der Waals surface area (Å²) in [5.74, 6) is 0. The van der Waals surface area contributed by atoms with E-state index in [1.165, 1.54) is 9.80 Å². The van der Waals surface area contributed by atoms with Crippen molar-refractivity contribution in [3.05, 3.63) is 71.8 Å². The maximum absolute atomic E-state index is 13.1. The molecule has 0 bridgehead atoms.